The number of benzene rings is 1. The Balaban J connectivity index is 2.77. The van der Waals surface area contributed by atoms with Crippen LogP contribution in [0.5, 0.6) is 0 Å². The number of nitrogens with one attached hydrogen (secondary N) is 1. The molecule has 0 heterocycles. The van der Waals surface area contributed by atoms with Crippen LogP contribution in [-0.2, 0) is 6.54 Å². The zero-order valence-corrected chi connectivity index (χ0v) is 11.3. The van der Waals surface area contributed by atoms with Crippen molar-refractivity contribution in [3.63, 3.8) is 0 Å². The van der Waals surface area contributed by atoms with E-state index in [0.29, 0.717) is 12.1 Å². The summed E-state index contributed by atoms with van der Waals surface area (Å²) < 4.78 is 13.5. The van der Waals surface area contributed by atoms with Gasteiger partial charge in [0.1, 0.15) is 5.82 Å². The number of aliphatic hydroxyl groups is 1. The van der Waals surface area contributed by atoms with Crippen LogP contribution >= 0.6 is 0 Å². The van der Waals surface area contributed by atoms with Crippen molar-refractivity contribution in [1.29, 1.82) is 0 Å². The van der Waals surface area contributed by atoms with Crippen LogP contribution < -0.4 is 5.32 Å². The predicted octanol–water partition coefficient (Wildman–Crippen LogP) is 2.77. The Bertz CT molecular complexity index is 394. The van der Waals surface area contributed by atoms with Gasteiger partial charge < -0.3 is 10.4 Å². The maximum absolute atomic E-state index is 13.5. The molecule has 0 radical (unpaired) electrons. The number of hydrogen-bond acceptors (Lipinski definition) is 2. The Hall–Kier alpha value is -0.930. The first-order valence-corrected chi connectivity index (χ1v) is 5.86. The summed E-state index contributed by atoms with van der Waals surface area (Å²) in [5.74, 6) is -0.213. The molecule has 1 aromatic carbocycles. The van der Waals surface area contributed by atoms with Crippen LogP contribution in [0.25, 0.3) is 0 Å². The fourth-order valence-corrected chi connectivity index (χ4v) is 1.37. The van der Waals surface area contributed by atoms with Crippen LogP contribution in [0.15, 0.2) is 18.2 Å². The maximum Gasteiger partial charge on any atom is 0.127 e. The van der Waals surface area contributed by atoms with Crippen molar-refractivity contribution in [2.75, 3.05) is 0 Å². The summed E-state index contributed by atoms with van der Waals surface area (Å²) >= 11 is 0. The molecular weight excluding hydrogens is 217 g/mol. The van der Waals surface area contributed by atoms with E-state index >= 15 is 0 Å². The molecule has 0 fully saturated rings. The highest BCUT2D eigenvalue weighted by molar-refractivity contribution is 5.24. The van der Waals surface area contributed by atoms with Gasteiger partial charge in [0.2, 0.25) is 0 Å². The van der Waals surface area contributed by atoms with Crippen molar-refractivity contribution in [3.05, 3.63) is 35.1 Å². The molecule has 0 saturated heterocycles. The fourth-order valence-electron chi connectivity index (χ4n) is 1.37. The van der Waals surface area contributed by atoms with Gasteiger partial charge in [0.15, 0.2) is 0 Å². The molecule has 2 nitrogen and oxygen atoms in total. The molecule has 0 unspecified atom stereocenters. The van der Waals surface area contributed by atoms with Gasteiger partial charge in [-0.1, -0.05) is 17.7 Å². The lowest BCUT2D eigenvalue weighted by Gasteiger charge is -2.38. The molecule has 0 aromatic heterocycles. The van der Waals surface area contributed by atoms with Crippen LogP contribution in [0.4, 0.5) is 4.39 Å². The van der Waals surface area contributed by atoms with Crippen LogP contribution in [-0.4, -0.2) is 16.2 Å². The van der Waals surface area contributed by atoms with Crippen molar-refractivity contribution in [3.8, 4) is 0 Å². The SMILES string of the molecule is Cc1ccc(F)c(CNC(C)(C)C(C)(C)O)c1. The molecule has 2 N–H and O–H groups in total. The minimum absolute atomic E-state index is 0.213. The van der Waals surface area contributed by atoms with Crippen LogP contribution in [0.2, 0.25) is 0 Å². The van der Waals surface area contributed by atoms with Crippen molar-refractivity contribution in [2.45, 2.75) is 52.3 Å². The monoisotopic (exact) mass is 239 g/mol. The van der Waals surface area contributed by atoms with E-state index in [1.54, 1.807) is 19.9 Å². The highest BCUT2D eigenvalue weighted by Crippen LogP contribution is 2.21. The van der Waals surface area contributed by atoms with Gasteiger partial charge in [-0.3, -0.25) is 0 Å². The molecule has 3 heteroatoms. The molecule has 0 bridgehead atoms. The van der Waals surface area contributed by atoms with Gasteiger partial charge >= 0.3 is 0 Å². The van der Waals surface area contributed by atoms with E-state index in [4.69, 9.17) is 0 Å². The molecule has 0 aliphatic carbocycles. The molecule has 0 aliphatic rings. The predicted molar refractivity (Wildman–Crippen MR) is 68.4 cm³/mol. The number of rotatable bonds is 4. The average Bonchev–Trinajstić information content (AvgIpc) is 2.18. The topological polar surface area (TPSA) is 32.3 Å². The summed E-state index contributed by atoms with van der Waals surface area (Å²) in [5, 5.41) is 13.2. The molecule has 0 atom stereocenters. The molecule has 17 heavy (non-hydrogen) atoms. The van der Waals surface area contributed by atoms with Crippen molar-refractivity contribution < 1.29 is 9.50 Å². The zero-order valence-electron chi connectivity index (χ0n) is 11.3. The second-order valence-electron chi connectivity index (χ2n) is 5.63. The Morgan fingerprint density at radius 3 is 2.35 bits per heavy atom. The molecule has 0 amide bonds. The van der Waals surface area contributed by atoms with Gasteiger partial charge in [-0.15, -0.1) is 0 Å². The van der Waals surface area contributed by atoms with Gasteiger partial charge in [0.05, 0.1) is 5.60 Å². The quantitative estimate of drug-likeness (QED) is 0.846. The molecule has 0 spiro atoms. The molecule has 1 aromatic rings. The maximum atomic E-state index is 13.5. The van der Waals surface area contributed by atoms with Crippen molar-refractivity contribution in [2.24, 2.45) is 0 Å². The van der Waals surface area contributed by atoms with Gasteiger partial charge in [0.25, 0.3) is 0 Å². The van der Waals surface area contributed by atoms with Gasteiger partial charge in [0, 0.05) is 17.6 Å². The lowest BCUT2D eigenvalue weighted by molar-refractivity contribution is -0.00543. The van der Waals surface area contributed by atoms with Crippen molar-refractivity contribution in [1.82, 2.24) is 5.32 Å². The summed E-state index contributed by atoms with van der Waals surface area (Å²) in [6.45, 7) is 9.63. The van der Waals surface area contributed by atoms with Crippen LogP contribution in [0, 0.1) is 12.7 Å². The van der Waals surface area contributed by atoms with E-state index in [2.05, 4.69) is 5.32 Å². The third-order valence-electron chi connectivity index (χ3n) is 3.45. The van der Waals surface area contributed by atoms with Crippen LogP contribution in [0.3, 0.4) is 0 Å². The summed E-state index contributed by atoms with van der Waals surface area (Å²) in [4.78, 5) is 0. The van der Waals surface area contributed by atoms with E-state index in [-0.39, 0.29) is 5.82 Å². The molecule has 1 rings (SSSR count). The van der Waals surface area contributed by atoms with Gasteiger partial charge in [-0.2, -0.15) is 0 Å². The minimum Gasteiger partial charge on any atom is -0.389 e. The first-order valence-electron chi connectivity index (χ1n) is 5.86. The summed E-state index contributed by atoms with van der Waals surface area (Å²) in [6.07, 6.45) is 0. The van der Waals surface area contributed by atoms with Gasteiger partial charge in [-0.25, -0.2) is 4.39 Å². The lowest BCUT2D eigenvalue weighted by atomic mass is 9.86. The third kappa shape index (κ3) is 3.51. The zero-order chi connectivity index (χ0) is 13.3. The molecule has 96 valence electrons. The third-order valence-corrected chi connectivity index (χ3v) is 3.45. The second-order valence-corrected chi connectivity index (χ2v) is 5.63. The standard InChI is InChI=1S/C14H22FNO/c1-10-6-7-12(15)11(8-10)9-16-13(2,3)14(4,5)17/h6-8,16-17H,9H2,1-5H3. The van der Waals surface area contributed by atoms with Crippen molar-refractivity contribution >= 4 is 0 Å². The average molecular weight is 239 g/mol. The highest BCUT2D eigenvalue weighted by atomic mass is 19.1. The minimum atomic E-state index is -0.868. The van der Waals surface area contributed by atoms with E-state index in [0.717, 1.165) is 5.56 Å². The summed E-state index contributed by atoms with van der Waals surface area (Å²) in [5.41, 5.74) is 0.308. The number of hydrogen-bond donors (Lipinski definition) is 2. The van der Waals surface area contributed by atoms with E-state index in [9.17, 15) is 9.50 Å². The number of aryl methyl sites for hydroxylation is 1. The molecule has 0 saturated carbocycles. The Morgan fingerprint density at radius 1 is 1.24 bits per heavy atom. The van der Waals surface area contributed by atoms with Gasteiger partial charge in [-0.05, 0) is 40.7 Å². The highest BCUT2D eigenvalue weighted by Gasteiger charge is 2.34. The van der Waals surface area contributed by atoms with Crippen LogP contribution in [0.1, 0.15) is 38.8 Å². The molecular formula is C14H22FNO. The lowest BCUT2D eigenvalue weighted by Crippen LogP contribution is -2.55. The first-order chi connectivity index (χ1) is 7.63. The Kier molecular flexibility index (Phi) is 3.95. The smallest absolute Gasteiger partial charge is 0.127 e. The Morgan fingerprint density at radius 2 is 1.82 bits per heavy atom. The fraction of sp³-hybridized carbons (Fsp3) is 0.571. The normalized spacial score (nSPS) is 12.9. The summed E-state index contributed by atoms with van der Waals surface area (Å²) in [6, 6.07) is 5.05. The van der Waals surface area contributed by atoms with E-state index < -0.39 is 11.1 Å². The first kappa shape index (κ1) is 14.1. The second kappa shape index (κ2) is 4.75. The molecule has 0 aliphatic heterocycles. The largest absolute Gasteiger partial charge is 0.389 e. The summed E-state index contributed by atoms with van der Waals surface area (Å²) in [7, 11) is 0. The Labute approximate surface area is 103 Å². The number of halogens is 1. The van der Waals surface area contributed by atoms with E-state index in [1.165, 1.54) is 6.07 Å². The van der Waals surface area contributed by atoms with E-state index in [1.807, 2.05) is 26.8 Å².